The number of hydrogen-bond donors (Lipinski definition) is 0. The predicted molar refractivity (Wildman–Crippen MR) is 81.9 cm³/mol. The summed E-state index contributed by atoms with van der Waals surface area (Å²) in [5.41, 5.74) is 2.44. The maximum Gasteiger partial charge on any atom is 0.0605 e. The molecule has 0 aliphatic carbocycles. The highest BCUT2D eigenvalue weighted by Crippen LogP contribution is 2.17. The highest BCUT2D eigenvalue weighted by atomic mass is 16.5. The third-order valence-electron chi connectivity index (χ3n) is 1.93. The molecule has 1 aromatic rings. The molecule has 102 valence electrons. The third kappa shape index (κ3) is 10.1. The summed E-state index contributed by atoms with van der Waals surface area (Å²) >= 11 is 0. The quantitative estimate of drug-likeness (QED) is 0.660. The van der Waals surface area contributed by atoms with Crippen LogP contribution in [-0.2, 0) is 4.74 Å². The van der Waals surface area contributed by atoms with E-state index in [-0.39, 0.29) is 11.2 Å². The molecule has 0 atom stereocenters. The summed E-state index contributed by atoms with van der Waals surface area (Å²) in [6, 6.07) is 8.28. The summed E-state index contributed by atoms with van der Waals surface area (Å²) < 4.78 is 5.62. The molecule has 0 bridgehead atoms. The minimum atomic E-state index is -0.0156. The Kier molecular flexibility index (Phi) is 6.34. The maximum absolute atomic E-state index is 5.62. The molecule has 18 heavy (non-hydrogen) atoms. The van der Waals surface area contributed by atoms with E-state index in [4.69, 9.17) is 4.74 Å². The fourth-order valence-electron chi connectivity index (χ4n) is 1.62. The lowest BCUT2D eigenvalue weighted by atomic mass is 10.1. The van der Waals surface area contributed by atoms with Crippen LogP contribution in [0.2, 0.25) is 0 Å². The Hall–Kier alpha value is -1.08. The van der Waals surface area contributed by atoms with Gasteiger partial charge >= 0.3 is 0 Å². The second-order valence-corrected chi connectivity index (χ2v) is 6.44. The van der Waals surface area contributed by atoms with Gasteiger partial charge in [0.25, 0.3) is 0 Å². The van der Waals surface area contributed by atoms with Crippen molar-refractivity contribution in [3.63, 3.8) is 0 Å². The molecule has 0 fully saturated rings. The SMILES string of the molecule is C=Cc1ccc(C)cc1.CC(C)(C)OC(C)(C)C. The molecule has 0 saturated carbocycles. The molecular formula is C17H28O. The van der Waals surface area contributed by atoms with E-state index in [9.17, 15) is 0 Å². The Balaban J connectivity index is 0.000000321. The highest BCUT2D eigenvalue weighted by molar-refractivity contribution is 5.46. The van der Waals surface area contributed by atoms with Crippen molar-refractivity contribution in [2.75, 3.05) is 0 Å². The van der Waals surface area contributed by atoms with Gasteiger partial charge in [0.1, 0.15) is 0 Å². The van der Waals surface area contributed by atoms with Crippen LogP contribution in [0.1, 0.15) is 52.7 Å². The fraction of sp³-hybridized carbons (Fsp3) is 0.529. The molecule has 1 nitrogen and oxygen atoms in total. The van der Waals surface area contributed by atoms with Gasteiger partial charge in [0.15, 0.2) is 0 Å². The molecule has 0 unspecified atom stereocenters. The van der Waals surface area contributed by atoms with Crippen LogP contribution in [0.5, 0.6) is 0 Å². The van der Waals surface area contributed by atoms with Crippen LogP contribution in [0.4, 0.5) is 0 Å². The van der Waals surface area contributed by atoms with Crippen LogP contribution in [0.3, 0.4) is 0 Å². The topological polar surface area (TPSA) is 9.23 Å². The highest BCUT2D eigenvalue weighted by Gasteiger charge is 2.19. The first-order chi connectivity index (χ1) is 8.03. The lowest BCUT2D eigenvalue weighted by Crippen LogP contribution is -2.31. The van der Waals surface area contributed by atoms with E-state index in [1.165, 1.54) is 11.1 Å². The van der Waals surface area contributed by atoms with Gasteiger partial charge in [0, 0.05) is 0 Å². The zero-order valence-electron chi connectivity index (χ0n) is 13.0. The average molecular weight is 248 g/mol. The summed E-state index contributed by atoms with van der Waals surface area (Å²) in [5, 5.41) is 0. The largest absolute Gasteiger partial charge is 0.370 e. The van der Waals surface area contributed by atoms with Crippen LogP contribution < -0.4 is 0 Å². The van der Waals surface area contributed by atoms with E-state index in [1.54, 1.807) is 0 Å². The van der Waals surface area contributed by atoms with Gasteiger partial charge < -0.3 is 4.74 Å². The van der Waals surface area contributed by atoms with Crippen LogP contribution in [-0.4, -0.2) is 11.2 Å². The van der Waals surface area contributed by atoms with Crippen molar-refractivity contribution in [1.82, 2.24) is 0 Å². The van der Waals surface area contributed by atoms with Crippen molar-refractivity contribution in [3.05, 3.63) is 42.0 Å². The van der Waals surface area contributed by atoms with Crippen LogP contribution in [0, 0.1) is 6.92 Å². The van der Waals surface area contributed by atoms with Gasteiger partial charge in [-0.2, -0.15) is 0 Å². The van der Waals surface area contributed by atoms with E-state index in [0.29, 0.717) is 0 Å². The van der Waals surface area contributed by atoms with E-state index in [2.05, 4.69) is 79.3 Å². The molecule has 0 amide bonds. The number of ether oxygens (including phenoxy) is 1. The smallest absolute Gasteiger partial charge is 0.0605 e. The molecule has 0 aromatic heterocycles. The first-order valence-electron chi connectivity index (χ1n) is 6.43. The Bertz CT molecular complexity index is 335. The zero-order valence-corrected chi connectivity index (χ0v) is 13.0. The normalized spacial score (nSPS) is 11.5. The molecule has 0 heterocycles. The Morgan fingerprint density at radius 3 is 1.50 bits per heavy atom. The number of rotatable bonds is 1. The molecule has 1 heteroatoms. The minimum Gasteiger partial charge on any atom is -0.370 e. The van der Waals surface area contributed by atoms with Gasteiger partial charge in [-0.25, -0.2) is 0 Å². The number of benzene rings is 1. The molecule has 0 saturated heterocycles. The van der Waals surface area contributed by atoms with Gasteiger partial charge in [-0.05, 0) is 54.0 Å². The molecule has 0 N–H and O–H groups in total. The lowest BCUT2D eigenvalue weighted by Gasteiger charge is -2.30. The summed E-state index contributed by atoms with van der Waals surface area (Å²) in [6.45, 7) is 18.1. The lowest BCUT2D eigenvalue weighted by molar-refractivity contribution is -0.102. The van der Waals surface area contributed by atoms with E-state index >= 15 is 0 Å². The Morgan fingerprint density at radius 2 is 1.28 bits per heavy atom. The standard InChI is InChI=1S/C9H10.C8H18O/c1-3-9-6-4-8(2)5-7-9;1-7(2,3)9-8(4,5)6/h3-7H,1H2,2H3;1-6H3. The third-order valence-corrected chi connectivity index (χ3v) is 1.93. The zero-order chi connectivity index (χ0) is 14.4. The minimum absolute atomic E-state index is 0.0156. The van der Waals surface area contributed by atoms with Crippen molar-refractivity contribution in [2.45, 2.75) is 59.7 Å². The summed E-state index contributed by atoms with van der Waals surface area (Å²) in [5.74, 6) is 0. The van der Waals surface area contributed by atoms with Crippen molar-refractivity contribution >= 4 is 6.08 Å². The molecule has 1 aromatic carbocycles. The number of aryl methyl sites for hydroxylation is 1. The Labute approximate surface area is 113 Å². The van der Waals surface area contributed by atoms with E-state index in [1.807, 2.05) is 6.08 Å². The molecular weight excluding hydrogens is 220 g/mol. The first-order valence-corrected chi connectivity index (χ1v) is 6.43. The van der Waals surface area contributed by atoms with Gasteiger partial charge in [-0.1, -0.05) is 42.5 Å². The van der Waals surface area contributed by atoms with Gasteiger partial charge in [-0.3, -0.25) is 0 Å². The summed E-state index contributed by atoms with van der Waals surface area (Å²) in [4.78, 5) is 0. The van der Waals surface area contributed by atoms with Gasteiger partial charge in [0.2, 0.25) is 0 Å². The second-order valence-electron chi connectivity index (χ2n) is 6.44. The Morgan fingerprint density at radius 1 is 0.889 bits per heavy atom. The summed E-state index contributed by atoms with van der Waals surface area (Å²) in [7, 11) is 0. The monoisotopic (exact) mass is 248 g/mol. The van der Waals surface area contributed by atoms with Crippen molar-refractivity contribution in [2.24, 2.45) is 0 Å². The van der Waals surface area contributed by atoms with Crippen molar-refractivity contribution in [1.29, 1.82) is 0 Å². The van der Waals surface area contributed by atoms with Crippen LogP contribution in [0.15, 0.2) is 30.8 Å². The average Bonchev–Trinajstić information content (AvgIpc) is 2.14. The molecule has 0 radical (unpaired) electrons. The molecule has 1 rings (SSSR count). The van der Waals surface area contributed by atoms with Crippen LogP contribution in [0.25, 0.3) is 6.08 Å². The van der Waals surface area contributed by atoms with Gasteiger partial charge in [0.05, 0.1) is 11.2 Å². The van der Waals surface area contributed by atoms with Crippen molar-refractivity contribution < 1.29 is 4.74 Å². The fourth-order valence-corrected chi connectivity index (χ4v) is 1.62. The second kappa shape index (κ2) is 6.75. The number of hydrogen-bond acceptors (Lipinski definition) is 1. The van der Waals surface area contributed by atoms with Crippen LogP contribution >= 0.6 is 0 Å². The predicted octanol–water partition coefficient (Wildman–Crippen LogP) is 5.24. The van der Waals surface area contributed by atoms with Gasteiger partial charge in [-0.15, -0.1) is 0 Å². The molecule has 0 spiro atoms. The van der Waals surface area contributed by atoms with E-state index in [0.717, 1.165) is 0 Å². The maximum atomic E-state index is 5.62. The van der Waals surface area contributed by atoms with E-state index < -0.39 is 0 Å². The molecule has 0 aliphatic heterocycles. The molecule has 0 aliphatic rings. The first kappa shape index (κ1) is 16.9. The summed E-state index contributed by atoms with van der Waals surface area (Å²) in [6.07, 6.45) is 1.85. The van der Waals surface area contributed by atoms with Crippen molar-refractivity contribution in [3.8, 4) is 0 Å².